The summed E-state index contributed by atoms with van der Waals surface area (Å²) in [5.74, 6) is 0.0817. The van der Waals surface area contributed by atoms with Gasteiger partial charge in [0.2, 0.25) is 5.91 Å². The van der Waals surface area contributed by atoms with E-state index in [9.17, 15) is 4.79 Å². The third kappa shape index (κ3) is 4.04. The third-order valence-electron chi connectivity index (χ3n) is 3.63. The van der Waals surface area contributed by atoms with E-state index in [2.05, 4.69) is 28.2 Å². The Morgan fingerprint density at radius 3 is 2.58 bits per heavy atom. The molecule has 1 heterocycles. The number of carbonyl (C=O) groups excluding carboxylic acids is 1. The molecule has 1 N–H and O–H groups in total. The molecule has 1 saturated heterocycles. The molecule has 1 aliphatic rings. The molecule has 0 atom stereocenters. The topological polar surface area (TPSA) is 35.6 Å². The van der Waals surface area contributed by atoms with Crippen molar-refractivity contribution in [3.05, 3.63) is 29.3 Å². The maximum absolute atomic E-state index is 12.1. The van der Waals surface area contributed by atoms with Crippen LogP contribution in [0.15, 0.2) is 18.2 Å². The zero-order chi connectivity index (χ0) is 13.8. The van der Waals surface area contributed by atoms with Gasteiger partial charge in [-0.25, -0.2) is 0 Å². The second kappa shape index (κ2) is 6.17. The van der Waals surface area contributed by atoms with Crippen LogP contribution in [0, 0.1) is 13.8 Å². The first kappa shape index (κ1) is 14.0. The fourth-order valence-corrected chi connectivity index (χ4v) is 2.27. The molecule has 1 fully saturated rings. The molecule has 2 rings (SSSR count). The fourth-order valence-electron chi connectivity index (χ4n) is 2.27. The monoisotopic (exact) mass is 261 g/mol. The number of hydrogen-bond donors (Lipinski definition) is 1. The van der Waals surface area contributed by atoms with Gasteiger partial charge in [0.15, 0.2) is 0 Å². The Labute approximate surface area is 115 Å². The predicted molar refractivity (Wildman–Crippen MR) is 78.5 cm³/mol. The smallest absolute Gasteiger partial charge is 0.238 e. The first-order chi connectivity index (χ1) is 9.04. The molecule has 19 heavy (non-hydrogen) atoms. The maximum atomic E-state index is 12.1. The van der Waals surface area contributed by atoms with E-state index in [0.717, 1.165) is 37.4 Å². The van der Waals surface area contributed by atoms with Gasteiger partial charge in [-0.1, -0.05) is 12.1 Å². The van der Waals surface area contributed by atoms with Crippen LogP contribution in [0.25, 0.3) is 0 Å². The molecule has 0 bridgehead atoms. The van der Waals surface area contributed by atoms with Crippen molar-refractivity contribution in [1.82, 2.24) is 9.80 Å². The Morgan fingerprint density at radius 2 is 1.89 bits per heavy atom. The van der Waals surface area contributed by atoms with E-state index in [4.69, 9.17) is 0 Å². The highest BCUT2D eigenvalue weighted by atomic mass is 16.2. The molecule has 0 unspecified atom stereocenters. The normalized spacial score (nSPS) is 17.4. The van der Waals surface area contributed by atoms with Crippen molar-refractivity contribution in [3.8, 4) is 0 Å². The number of carbonyl (C=O) groups is 1. The molecule has 0 spiro atoms. The van der Waals surface area contributed by atoms with E-state index in [-0.39, 0.29) is 5.91 Å². The van der Waals surface area contributed by atoms with Gasteiger partial charge in [0.25, 0.3) is 0 Å². The van der Waals surface area contributed by atoms with Crippen LogP contribution in [-0.2, 0) is 4.79 Å². The van der Waals surface area contributed by atoms with Crippen LogP contribution < -0.4 is 5.32 Å². The van der Waals surface area contributed by atoms with Gasteiger partial charge in [-0.2, -0.15) is 0 Å². The molecular formula is C15H23N3O. The van der Waals surface area contributed by atoms with Crippen LogP contribution in [0.5, 0.6) is 0 Å². The van der Waals surface area contributed by atoms with Crippen molar-refractivity contribution in [2.24, 2.45) is 0 Å². The summed E-state index contributed by atoms with van der Waals surface area (Å²) in [5, 5.41) is 3.02. The molecular weight excluding hydrogens is 238 g/mol. The second-order valence-corrected chi connectivity index (χ2v) is 5.45. The Morgan fingerprint density at radius 1 is 1.21 bits per heavy atom. The summed E-state index contributed by atoms with van der Waals surface area (Å²) >= 11 is 0. The molecule has 1 aromatic rings. The van der Waals surface area contributed by atoms with Gasteiger partial charge >= 0.3 is 0 Å². The molecule has 0 aliphatic carbocycles. The van der Waals surface area contributed by atoms with E-state index in [1.165, 1.54) is 5.56 Å². The van der Waals surface area contributed by atoms with Gasteiger partial charge < -0.3 is 10.2 Å². The molecule has 0 radical (unpaired) electrons. The summed E-state index contributed by atoms with van der Waals surface area (Å²) in [6.45, 7) is 8.56. The van der Waals surface area contributed by atoms with Gasteiger partial charge in [0, 0.05) is 31.9 Å². The summed E-state index contributed by atoms with van der Waals surface area (Å²) in [6, 6.07) is 6.13. The van der Waals surface area contributed by atoms with Crippen molar-refractivity contribution >= 4 is 11.6 Å². The minimum absolute atomic E-state index is 0.0817. The summed E-state index contributed by atoms with van der Waals surface area (Å²) in [4.78, 5) is 16.6. The summed E-state index contributed by atoms with van der Waals surface area (Å²) in [7, 11) is 2.12. The molecule has 4 nitrogen and oxygen atoms in total. The Kier molecular flexibility index (Phi) is 4.56. The van der Waals surface area contributed by atoms with Crippen LogP contribution in [0.1, 0.15) is 11.1 Å². The maximum Gasteiger partial charge on any atom is 0.238 e. The molecule has 0 aromatic heterocycles. The fraction of sp³-hybridized carbons (Fsp3) is 0.533. The van der Waals surface area contributed by atoms with Gasteiger partial charge in [-0.05, 0) is 38.1 Å². The number of nitrogens with one attached hydrogen (secondary N) is 1. The van der Waals surface area contributed by atoms with Gasteiger partial charge in [-0.15, -0.1) is 0 Å². The highest BCUT2D eigenvalue weighted by Gasteiger charge is 2.16. The molecule has 1 aliphatic heterocycles. The number of nitrogens with zero attached hydrogens (tertiary/aromatic N) is 2. The predicted octanol–water partition coefficient (Wildman–Crippen LogP) is 1.49. The van der Waals surface area contributed by atoms with Gasteiger partial charge in [0.1, 0.15) is 0 Å². The number of amides is 1. The highest BCUT2D eigenvalue weighted by Crippen LogP contribution is 2.16. The SMILES string of the molecule is Cc1ccc(C)c(NC(=O)CN2CCN(C)CC2)c1. The van der Waals surface area contributed by atoms with E-state index in [1.54, 1.807) is 0 Å². The third-order valence-corrected chi connectivity index (χ3v) is 3.63. The largest absolute Gasteiger partial charge is 0.325 e. The number of rotatable bonds is 3. The van der Waals surface area contributed by atoms with Gasteiger partial charge in [0.05, 0.1) is 6.54 Å². The average molecular weight is 261 g/mol. The molecule has 4 heteroatoms. The quantitative estimate of drug-likeness (QED) is 0.895. The molecule has 0 saturated carbocycles. The number of aryl methyl sites for hydroxylation is 2. The van der Waals surface area contributed by atoms with Crippen molar-refractivity contribution in [2.75, 3.05) is 45.1 Å². The first-order valence-electron chi connectivity index (χ1n) is 6.82. The van der Waals surface area contributed by atoms with E-state index in [1.807, 2.05) is 26.0 Å². The number of likely N-dealkylation sites (N-methyl/N-ethyl adjacent to an activating group) is 1. The van der Waals surface area contributed by atoms with Crippen LogP contribution in [-0.4, -0.2) is 55.5 Å². The van der Waals surface area contributed by atoms with Crippen LogP contribution >= 0.6 is 0 Å². The van der Waals surface area contributed by atoms with Crippen LogP contribution in [0.2, 0.25) is 0 Å². The number of benzene rings is 1. The lowest BCUT2D eigenvalue weighted by Gasteiger charge is -2.31. The zero-order valence-electron chi connectivity index (χ0n) is 12.1. The number of piperazine rings is 1. The average Bonchev–Trinajstić information content (AvgIpc) is 2.37. The minimum atomic E-state index is 0.0817. The van der Waals surface area contributed by atoms with E-state index in [0.29, 0.717) is 6.54 Å². The van der Waals surface area contributed by atoms with Gasteiger partial charge in [-0.3, -0.25) is 9.69 Å². The molecule has 1 aromatic carbocycles. The number of hydrogen-bond acceptors (Lipinski definition) is 3. The van der Waals surface area contributed by atoms with Crippen LogP contribution in [0.4, 0.5) is 5.69 Å². The van der Waals surface area contributed by atoms with E-state index >= 15 is 0 Å². The lowest BCUT2D eigenvalue weighted by Crippen LogP contribution is -2.47. The van der Waals surface area contributed by atoms with E-state index < -0.39 is 0 Å². The highest BCUT2D eigenvalue weighted by molar-refractivity contribution is 5.93. The lowest BCUT2D eigenvalue weighted by molar-refractivity contribution is -0.117. The van der Waals surface area contributed by atoms with Crippen molar-refractivity contribution in [3.63, 3.8) is 0 Å². The Hall–Kier alpha value is -1.39. The zero-order valence-corrected chi connectivity index (χ0v) is 12.1. The van der Waals surface area contributed by atoms with Crippen molar-refractivity contribution < 1.29 is 4.79 Å². The number of anilines is 1. The molecule has 104 valence electrons. The molecule has 1 amide bonds. The van der Waals surface area contributed by atoms with Crippen molar-refractivity contribution in [1.29, 1.82) is 0 Å². The Balaban J connectivity index is 1.89. The summed E-state index contributed by atoms with van der Waals surface area (Å²) < 4.78 is 0. The minimum Gasteiger partial charge on any atom is -0.325 e. The van der Waals surface area contributed by atoms with Crippen LogP contribution in [0.3, 0.4) is 0 Å². The Bertz CT molecular complexity index is 451. The standard InChI is InChI=1S/C15H23N3O/c1-12-4-5-13(2)14(10-12)16-15(19)11-18-8-6-17(3)7-9-18/h4-5,10H,6-9,11H2,1-3H3,(H,16,19). The summed E-state index contributed by atoms with van der Waals surface area (Å²) in [5.41, 5.74) is 3.21. The summed E-state index contributed by atoms with van der Waals surface area (Å²) in [6.07, 6.45) is 0. The van der Waals surface area contributed by atoms with Crippen molar-refractivity contribution in [2.45, 2.75) is 13.8 Å². The first-order valence-corrected chi connectivity index (χ1v) is 6.82. The lowest BCUT2D eigenvalue weighted by atomic mass is 10.1. The second-order valence-electron chi connectivity index (χ2n) is 5.45.